The van der Waals surface area contributed by atoms with Crippen LogP contribution in [-0.4, -0.2) is 28.9 Å². The van der Waals surface area contributed by atoms with Crippen molar-refractivity contribution < 1.29 is 4.79 Å². The van der Waals surface area contributed by atoms with Crippen LogP contribution in [0.1, 0.15) is 50.4 Å². The van der Waals surface area contributed by atoms with E-state index in [9.17, 15) is 4.79 Å². The number of anilines is 1. The highest BCUT2D eigenvalue weighted by molar-refractivity contribution is 5.98. The minimum Gasteiger partial charge on any atom is -0.383 e. The smallest absolute Gasteiger partial charge is 0.257 e. The lowest BCUT2D eigenvalue weighted by atomic mass is 9.77. The fraction of sp³-hybridized carbons (Fsp3) is 0.625. The third-order valence-corrected chi connectivity index (χ3v) is 4.31. The third-order valence-electron chi connectivity index (χ3n) is 4.31. The maximum Gasteiger partial charge on any atom is 0.257 e. The number of likely N-dealkylation sites (tertiary alicyclic amines) is 1. The molecule has 1 aliphatic rings. The minimum atomic E-state index is 0.0187. The van der Waals surface area contributed by atoms with Gasteiger partial charge in [-0.3, -0.25) is 4.79 Å². The van der Waals surface area contributed by atoms with E-state index in [1.807, 2.05) is 4.90 Å². The first-order chi connectivity index (χ1) is 9.39. The summed E-state index contributed by atoms with van der Waals surface area (Å²) in [4.78, 5) is 18.5. The number of hydrogen-bond donors (Lipinski definition) is 1. The van der Waals surface area contributed by atoms with E-state index in [1.54, 1.807) is 18.3 Å². The lowest BCUT2D eigenvalue weighted by Gasteiger charge is -2.29. The van der Waals surface area contributed by atoms with E-state index < -0.39 is 0 Å². The Morgan fingerprint density at radius 3 is 2.75 bits per heavy atom. The van der Waals surface area contributed by atoms with Crippen LogP contribution in [0, 0.1) is 11.3 Å². The second kappa shape index (κ2) is 5.81. The average Bonchev–Trinajstić information content (AvgIpc) is 2.63. The summed E-state index contributed by atoms with van der Waals surface area (Å²) in [6.45, 7) is 8.49. The van der Waals surface area contributed by atoms with Crippen molar-refractivity contribution in [2.75, 3.05) is 18.8 Å². The number of nitrogens with zero attached hydrogens (tertiary/aromatic N) is 2. The molecule has 1 aromatic heterocycles. The van der Waals surface area contributed by atoms with Gasteiger partial charge >= 0.3 is 0 Å². The Hall–Kier alpha value is -1.58. The molecule has 4 nitrogen and oxygen atoms in total. The van der Waals surface area contributed by atoms with Crippen molar-refractivity contribution in [3.05, 3.63) is 23.9 Å². The topological polar surface area (TPSA) is 59.2 Å². The number of rotatable bonds is 1. The molecule has 0 spiro atoms. The summed E-state index contributed by atoms with van der Waals surface area (Å²) in [7, 11) is 0. The number of aromatic nitrogens is 1. The summed E-state index contributed by atoms with van der Waals surface area (Å²) < 4.78 is 0. The van der Waals surface area contributed by atoms with Crippen molar-refractivity contribution in [3.63, 3.8) is 0 Å². The van der Waals surface area contributed by atoms with Crippen molar-refractivity contribution in [2.45, 2.75) is 40.0 Å². The number of nitrogen functional groups attached to an aromatic ring is 1. The molecule has 110 valence electrons. The second-order valence-electron chi connectivity index (χ2n) is 6.72. The monoisotopic (exact) mass is 275 g/mol. The first-order valence-electron chi connectivity index (χ1n) is 7.39. The van der Waals surface area contributed by atoms with Crippen LogP contribution in [0.25, 0.3) is 0 Å². The Morgan fingerprint density at radius 1 is 1.35 bits per heavy atom. The van der Waals surface area contributed by atoms with Gasteiger partial charge in [0.15, 0.2) is 0 Å². The molecule has 1 atom stereocenters. The van der Waals surface area contributed by atoms with Crippen molar-refractivity contribution in [3.8, 4) is 0 Å². The summed E-state index contributed by atoms with van der Waals surface area (Å²) >= 11 is 0. The number of pyridine rings is 1. The molecule has 2 rings (SSSR count). The lowest BCUT2D eigenvalue weighted by molar-refractivity contribution is 0.0756. The van der Waals surface area contributed by atoms with Gasteiger partial charge in [0.1, 0.15) is 5.82 Å². The van der Waals surface area contributed by atoms with E-state index in [2.05, 4.69) is 25.8 Å². The molecule has 1 aliphatic heterocycles. The minimum absolute atomic E-state index is 0.0187. The van der Waals surface area contributed by atoms with Gasteiger partial charge in [-0.2, -0.15) is 0 Å². The standard InChI is InChI=1S/C16H25N3O/c1-16(2,3)12-6-5-10-19(11-8-12)15(20)13-7-4-9-18-14(13)17/h4,7,9,12H,5-6,8,10-11H2,1-3H3,(H2,17,18). The molecule has 20 heavy (non-hydrogen) atoms. The number of nitrogens with two attached hydrogens (primary N) is 1. The molecule has 0 bridgehead atoms. The molecule has 1 amide bonds. The Kier molecular flexibility index (Phi) is 4.31. The predicted octanol–water partition coefficient (Wildman–Crippen LogP) is 2.95. The Morgan fingerprint density at radius 2 is 2.10 bits per heavy atom. The molecule has 2 N–H and O–H groups in total. The molecular weight excluding hydrogens is 250 g/mol. The van der Waals surface area contributed by atoms with Gasteiger partial charge in [0, 0.05) is 19.3 Å². The molecule has 1 saturated heterocycles. The summed E-state index contributed by atoms with van der Waals surface area (Å²) in [5, 5.41) is 0. The van der Waals surface area contributed by atoms with Gasteiger partial charge in [-0.25, -0.2) is 4.98 Å². The van der Waals surface area contributed by atoms with Gasteiger partial charge < -0.3 is 10.6 Å². The zero-order chi connectivity index (χ0) is 14.8. The first-order valence-corrected chi connectivity index (χ1v) is 7.39. The first kappa shape index (κ1) is 14.8. The highest BCUT2D eigenvalue weighted by Gasteiger charge is 2.29. The largest absolute Gasteiger partial charge is 0.383 e. The van der Waals surface area contributed by atoms with Crippen molar-refractivity contribution in [1.29, 1.82) is 0 Å². The van der Waals surface area contributed by atoms with Gasteiger partial charge in [-0.05, 0) is 42.7 Å². The zero-order valence-electron chi connectivity index (χ0n) is 12.7. The SMILES string of the molecule is CC(C)(C)C1CCCN(C(=O)c2cccnc2N)CC1. The van der Waals surface area contributed by atoms with Crippen LogP contribution in [0.4, 0.5) is 5.82 Å². The Balaban J connectivity index is 2.08. The third kappa shape index (κ3) is 3.30. The van der Waals surface area contributed by atoms with Gasteiger partial charge in [0.05, 0.1) is 5.56 Å². The molecular formula is C16H25N3O. The maximum absolute atomic E-state index is 12.5. The quantitative estimate of drug-likeness (QED) is 0.857. The molecule has 1 unspecified atom stereocenters. The number of carbonyl (C=O) groups is 1. The van der Waals surface area contributed by atoms with Crippen LogP contribution in [0.5, 0.6) is 0 Å². The van der Waals surface area contributed by atoms with E-state index >= 15 is 0 Å². The average molecular weight is 275 g/mol. The van der Waals surface area contributed by atoms with Gasteiger partial charge in [0.25, 0.3) is 5.91 Å². The van der Waals surface area contributed by atoms with Crippen LogP contribution >= 0.6 is 0 Å². The molecule has 1 aromatic rings. The van der Waals surface area contributed by atoms with Crippen LogP contribution in [0.15, 0.2) is 18.3 Å². The van der Waals surface area contributed by atoms with Gasteiger partial charge in [0.2, 0.25) is 0 Å². The Bertz CT molecular complexity index is 479. The normalized spacial score (nSPS) is 20.6. The molecule has 4 heteroatoms. The van der Waals surface area contributed by atoms with Crippen LogP contribution < -0.4 is 5.73 Å². The summed E-state index contributed by atoms with van der Waals surface area (Å²) in [5.74, 6) is 1.02. The van der Waals surface area contributed by atoms with Crippen molar-refractivity contribution >= 4 is 11.7 Å². The molecule has 2 heterocycles. The van der Waals surface area contributed by atoms with Crippen molar-refractivity contribution in [1.82, 2.24) is 9.88 Å². The molecule has 0 saturated carbocycles. The van der Waals surface area contributed by atoms with Gasteiger partial charge in [-0.15, -0.1) is 0 Å². The summed E-state index contributed by atoms with van der Waals surface area (Å²) in [5.41, 5.74) is 6.65. The lowest BCUT2D eigenvalue weighted by Crippen LogP contribution is -2.33. The van der Waals surface area contributed by atoms with Crippen LogP contribution in [0.3, 0.4) is 0 Å². The molecule has 0 aliphatic carbocycles. The number of amides is 1. The van der Waals surface area contributed by atoms with E-state index in [1.165, 1.54) is 6.42 Å². The van der Waals surface area contributed by atoms with Crippen LogP contribution in [-0.2, 0) is 0 Å². The predicted molar refractivity (Wildman–Crippen MR) is 81.3 cm³/mol. The molecule has 0 radical (unpaired) electrons. The zero-order valence-corrected chi connectivity index (χ0v) is 12.7. The second-order valence-corrected chi connectivity index (χ2v) is 6.72. The van der Waals surface area contributed by atoms with Crippen molar-refractivity contribution in [2.24, 2.45) is 11.3 Å². The Labute approximate surface area is 121 Å². The highest BCUT2D eigenvalue weighted by atomic mass is 16.2. The van der Waals surface area contributed by atoms with E-state index in [4.69, 9.17) is 5.73 Å². The van der Waals surface area contributed by atoms with E-state index in [-0.39, 0.29) is 5.91 Å². The number of carbonyl (C=O) groups excluding carboxylic acids is 1. The maximum atomic E-state index is 12.5. The molecule has 0 aromatic carbocycles. The summed E-state index contributed by atoms with van der Waals surface area (Å²) in [6.07, 6.45) is 4.93. The van der Waals surface area contributed by atoms with E-state index in [0.29, 0.717) is 22.7 Å². The fourth-order valence-corrected chi connectivity index (χ4v) is 2.93. The highest BCUT2D eigenvalue weighted by Crippen LogP contribution is 2.34. The van der Waals surface area contributed by atoms with E-state index in [0.717, 1.165) is 25.9 Å². The molecule has 1 fully saturated rings. The fourth-order valence-electron chi connectivity index (χ4n) is 2.93. The van der Waals surface area contributed by atoms with Crippen LogP contribution in [0.2, 0.25) is 0 Å². The van der Waals surface area contributed by atoms with Gasteiger partial charge in [-0.1, -0.05) is 20.8 Å². The summed E-state index contributed by atoms with van der Waals surface area (Å²) in [6, 6.07) is 3.52. The number of hydrogen-bond acceptors (Lipinski definition) is 3.